The average Bonchev–Trinajstić information content (AvgIpc) is 3.05. The van der Waals surface area contributed by atoms with Gasteiger partial charge < -0.3 is 9.88 Å². The molecule has 4 aliphatic rings. The summed E-state index contributed by atoms with van der Waals surface area (Å²) in [7, 11) is 1.97. The molecule has 4 bridgehead atoms. The van der Waals surface area contributed by atoms with E-state index in [1.165, 1.54) is 62.4 Å². The molecule has 10 heteroatoms. The minimum Gasteiger partial charge on any atom is -0.325 e. The van der Waals surface area contributed by atoms with E-state index in [4.69, 9.17) is 11.6 Å². The number of rotatable bonds is 7. The van der Waals surface area contributed by atoms with Gasteiger partial charge in [0, 0.05) is 25.2 Å². The molecule has 0 radical (unpaired) electrons. The number of nitro groups is 1. The third-order valence-electron chi connectivity index (χ3n) is 7.38. The smallest absolute Gasteiger partial charge is 0.289 e. The normalized spacial score (nSPS) is 28.1. The van der Waals surface area contributed by atoms with Crippen LogP contribution in [-0.4, -0.2) is 31.3 Å². The second-order valence-electron chi connectivity index (χ2n) is 9.81. The molecule has 4 saturated carbocycles. The van der Waals surface area contributed by atoms with Crippen LogP contribution in [0.2, 0.25) is 5.02 Å². The first-order chi connectivity index (χ1) is 15.3. The highest BCUT2D eigenvalue weighted by atomic mass is 35.5. The van der Waals surface area contributed by atoms with Crippen LogP contribution in [0.1, 0.15) is 44.3 Å². The fraction of sp³-hybridized carbons (Fsp3) is 0.591. The highest BCUT2D eigenvalue weighted by Gasteiger charge is 2.51. The van der Waals surface area contributed by atoms with Gasteiger partial charge in [-0.2, -0.15) is 0 Å². The molecule has 6 rings (SSSR count). The van der Waals surface area contributed by atoms with Crippen LogP contribution in [0.25, 0.3) is 0 Å². The molecule has 4 fully saturated rings. The van der Waals surface area contributed by atoms with Crippen LogP contribution in [0.4, 0.5) is 11.4 Å². The molecule has 1 aromatic heterocycles. The Morgan fingerprint density at radius 2 is 1.91 bits per heavy atom. The predicted octanol–water partition coefficient (Wildman–Crippen LogP) is 4.87. The standard InChI is InChI=1S/C22H26ClN5O3S/c1-27-19(11-22-8-13-4-14(9-22)6-15(5-13)10-22)25-26-21(27)32-12-20(29)24-16-2-3-17(23)18(7-16)28(30)31/h2-3,7,13-15H,4-6,8-12H2,1H3,(H,24,29). The van der Waals surface area contributed by atoms with Gasteiger partial charge in [0.05, 0.1) is 10.7 Å². The molecule has 1 heterocycles. The van der Waals surface area contributed by atoms with Crippen LogP contribution >= 0.6 is 23.4 Å². The van der Waals surface area contributed by atoms with Crippen molar-refractivity contribution in [2.24, 2.45) is 30.2 Å². The first kappa shape index (κ1) is 21.7. The molecule has 1 N–H and O–H groups in total. The number of benzene rings is 1. The maximum absolute atomic E-state index is 12.4. The van der Waals surface area contributed by atoms with Gasteiger partial charge in [-0.3, -0.25) is 14.9 Å². The van der Waals surface area contributed by atoms with E-state index in [9.17, 15) is 14.9 Å². The van der Waals surface area contributed by atoms with Crippen LogP contribution in [0.3, 0.4) is 0 Å². The highest BCUT2D eigenvalue weighted by molar-refractivity contribution is 7.99. The van der Waals surface area contributed by atoms with Crippen molar-refractivity contribution in [3.8, 4) is 0 Å². The Balaban J connectivity index is 1.20. The van der Waals surface area contributed by atoms with E-state index in [0.29, 0.717) is 16.3 Å². The predicted molar refractivity (Wildman–Crippen MR) is 123 cm³/mol. The van der Waals surface area contributed by atoms with E-state index in [1.54, 1.807) is 6.07 Å². The summed E-state index contributed by atoms with van der Waals surface area (Å²) in [6.07, 6.45) is 9.21. The van der Waals surface area contributed by atoms with Crippen molar-refractivity contribution in [2.75, 3.05) is 11.1 Å². The average molecular weight is 476 g/mol. The lowest BCUT2D eigenvalue weighted by Gasteiger charge is -2.56. The molecule has 4 aliphatic carbocycles. The number of anilines is 1. The van der Waals surface area contributed by atoms with Gasteiger partial charge in [0.1, 0.15) is 10.8 Å². The molecule has 0 unspecified atom stereocenters. The third-order valence-corrected chi connectivity index (χ3v) is 8.72. The molecule has 0 spiro atoms. The van der Waals surface area contributed by atoms with Crippen molar-refractivity contribution >= 4 is 40.6 Å². The highest BCUT2D eigenvalue weighted by Crippen LogP contribution is 2.60. The second-order valence-corrected chi connectivity index (χ2v) is 11.2. The fourth-order valence-corrected chi connectivity index (χ4v) is 7.44. The molecule has 32 heavy (non-hydrogen) atoms. The number of nitrogens with zero attached hydrogens (tertiary/aromatic N) is 4. The van der Waals surface area contributed by atoms with Crippen LogP contribution in [-0.2, 0) is 18.3 Å². The maximum Gasteiger partial charge on any atom is 0.289 e. The number of halogens is 1. The number of nitro benzene ring substituents is 1. The maximum atomic E-state index is 12.4. The molecular formula is C22H26ClN5O3S. The van der Waals surface area contributed by atoms with Crippen LogP contribution in [0, 0.1) is 33.3 Å². The fourth-order valence-electron chi connectivity index (χ4n) is 6.52. The van der Waals surface area contributed by atoms with E-state index in [1.807, 2.05) is 11.6 Å². The van der Waals surface area contributed by atoms with Gasteiger partial charge >= 0.3 is 0 Å². The lowest BCUT2D eigenvalue weighted by Crippen LogP contribution is -2.47. The van der Waals surface area contributed by atoms with Gasteiger partial charge in [-0.1, -0.05) is 23.4 Å². The molecule has 1 amide bonds. The number of amides is 1. The zero-order chi connectivity index (χ0) is 22.5. The van der Waals surface area contributed by atoms with Crippen molar-refractivity contribution in [1.82, 2.24) is 14.8 Å². The number of nitrogens with one attached hydrogen (secondary N) is 1. The zero-order valence-corrected chi connectivity index (χ0v) is 19.5. The van der Waals surface area contributed by atoms with Gasteiger partial charge in [-0.15, -0.1) is 10.2 Å². The van der Waals surface area contributed by atoms with Crippen molar-refractivity contribution in [3.05, 3.63) is 39.2 Å². The van der Waals surface area contributed by atoms with Crippen molar-refractivity contribution in [1.29, 1.82) is 0 Å². The SMILES string of the molecule is Cn1c(CC23CC4CC(CC(C4)C2)C3)nnc1SCC(=O)Nc1ccc(Cl)c([N+](=O)[O-])c1. The van der Waals surface area contributed by atoms with E-state index in [0.717, 1.165) is 30.0 Å². The molecular weight excluding hydrogens is 450 g/mol. The molecule has 2 aromatic rings. The summed E-state index contributed by atoms with van der Waals surface area (Å²) < 4.78 is 2.02. The van der Waals surface area contributed by atoms with E-state index >= 15 is 0 Å². The molecule has 0 atom stereocenters. The minimum absolute atomic E-state index is 0.0352. The Hall–Kier alpha value is -2.13. The van der Waals surface area contributed by atoms with Gasteiger partial charge in [0.15, 0.2) is 5.16 Å². The first-order valence-electron chi connectivity index (χ1n) is 11.0. The Morgan fingerprint density at radius 3 is 2.53 bits per heavy atom. The van der Waals surface area contributed by atoms with Gasteiger partial charge in [0.2, 0.25) is 5.91 Å². The summed E-state index contributed by atoms with van der Waals surface area (Å²) in [5.41, 5.74) is 0.491. The van der Waals surface area contributed by atoms with Crippen molar-refractivity contribution < 1.29 is 9.72 Å². The number of hydrogen-bond donors (Lipinski definition) is 1. The number of aromatic nitrogens is 3. The largest absolute Gasteiger partial charge is 0.325 e. The third kappa shape index (κ3) is 4.24. The van der Waals surface area contributed by atoms with Gasteiger partial charge in [-0.25, -0.2) is 0 Å². The lowest BCUT2D eigenvalue weighted by molar-refractivity contribution is -0.384. The Bertz CT molecular complexity index is 1040. The van der Waals surface area contributed by atoms with E-state index < -0.39 is 4.92 Å². The zero-order valence-electron chi connectivity index (χ0n) is 17.9. The molecule has 8 nitrogen and oxygen atoms in total. The van der Waals surface area contributed by atoms with E-state index in [2.05, 4.69) is 15.5 Å². The summed E-state index contributed by atoms with van der Waals surface area (Å²) >= 11 is 7.14. The molecule has 170 valence electrons. The topological polar surface area (TPSA) is 103 Å². The van der Waals surface area contributed by atoms with Gasteiger partial charge in [-0.05, 0) is 73.8 Å². The molecule has 0 aliphatic heterocycles. The first-order valence-corrected chi connectivity index (χ1v) is 12.4. The molecule has 0 saturated heterocycles. The summed E-state index contributed by atoms with van der Waals surface area (Å²) in [5.74, 6) is 3.57. The Labute approximate surface area is 195 Å². The van der Waals surface area contributed by atoms with Crippen molar-refractivity contribution in [2.45, 2.75) is 50.1 Å². The van der Waals surface area contributed by atoms with Gasteiger partial charge in [0.25, 0.3) is 5.69 Å². The lowest BCUT2D eigenvalue weighted by atomic mass is 9.49. The quantitative estimate of drug-likeness (QED) is 0.348. The minimum atomic E-state index is -0.572. The van der Waals surface area contributed by atoms with Crippen molar-refractivity contribution in [3.63, 3.8) is 0 Å². The van der Waals surface area contributed by atoms with Crippen LogP contribution in [0.5, 0.6) is 0 Å². The summed E-state index contributed by atoms with van der Waals surface area (Å²) in [6, 6.07) is 4.21. The second kappa shape index (κ2) is 8.33. The summed E-state index contributed by atoms with van der Waals surface area (Å²) in [6.45, 7) is 0. The number of carbonyl (C=O) groups is 1. The van der Waals surface area contributed by atoms with E-state index in [-0.39, 0.29) is 22.4 Å². The number of thioether (sulfide) groups is 1. The van der Waals surface area contributed by atoms with Crippen LogP contribution < -0.4 is 5.32 Å². The number of carbonyl (C=O) groups excluding carboxylic acids is 1. The Morgan fingerprint density at radius 1 is 1.25 bits per heavy atom. The summed E-state index contributed by atoms with van der Waals surface area (Å²) in [4.78, 5) is 22.8. The molecule has 1 aromatic carbocycles. The Kier molecular flexibility index (Phi) is 5.65. The summed E-state index contributed by atoms with van der Waals surface area (Å²) in [5, 5.41) is 23.3. The van der Waals surface area contributed by atoms with Crippen LogP contribution in [0.15, 0.2) is 23.4 Å². The monoisotopic (exact) mass is 475 g/mol. The number of hydrogen-bond acceptors (Lipinski definition) is 6.